The summed E-state index contributed by atoms with van der Waals surface area (Å²) in [5.74, 6) is -0.291. The largest absolute Gasteiger partial charge is 0.389 e. The van der Waals surface area contributed by atoms with Crippen molar-refractivity contribution in [2.75, 3.05) is 7.05 Å². The van der Waals surface area contributed by atoms with Crippen LogP contribution in [0.2, 0.25) is 0 Å². The van der Waals surface area contributed by atoms with Crippen molar-refractivity contribution in [3.63, 3.8) is 0 Å². The first-order chi connectivity index (χ1) is 16.2. The van der Waals surface area contributed by atoms with Gasteiger partial charge in [0.05, 0.1) is 28.1 Å². The van der Waals surface area contributed by atoms with Gasteiger partial charge in [0, 0.05) is 5.41 Å². The quantitative estimate of drug-likeness (QED) is 0.557. The molecular weight excluding hydrogens is 453 g/mol. The topological polar surface area (TPSA) is 84.2 Å². The van der Waals surface area contributed by atoms with Gasteiger partial charge in [-0.1, -0.05) is 30.7 Å². The molecule has 1 saturated carbocycles. The van der Waals surface area contributed by atoms with E-state index in [2.05, 4.69) is 22.8 Å². The van der Waals surface area contributed by atoms with Crippen molar-refractivity contribution in [3.05, 3.63) is 82.9 Å². The molecule has 3 aromatic rings. The Morgan fingerprint density at radius 2 is 1.91 bits per heavy atom. The van der Waals surface area contributed by atoms with Crippen LogP contribution in [0.25, 0.3) is 11.8 Å². The van der Waals surface area contributed by atoms with Crippen molar-refractivity contribution in [1.29, 1.82) is 0 Å². The highest BCUT2D eigenvalue weighted by Gasteiger charge is 2.54. The second kappa shape index (κ2) is 8.15. The average Bonchev–Trinajstić information content (AvgIpc) is 3.34. The Kier molecular flexibility index (Phi) is 5.50. The Balaban J connectivity index is 1.43. The minimum Gasteiger partial charge on any atom is -0.389 e. The monoisotopic (exact) mass is 481 g/mol. The molecule has 0 aliphatic heterocycles. The van der Waals surface area contributed by atoms with E-state index < -0.39 is 21.0 Å². The van der Waals surface area contributed by atoms with Gasteiger partial charge in [0.2, 0.25) is 10.0 Å². The zero-order chi connectivity index (χ0) is 24.1. The highest BCUT2D eigenvalue weighted by Crippen LogP contribution is 2.56. The summed E-state index contributed by atoms with van der Waals surface area (Å²) >= 11 is 0. The summed E-state index contributed by atoms with van der Waals surface area (Å²) in [6.45, 7) is 2.10. The van der Waals surface area contributed by atoms with Gasteiger partial charge in [-0.15, -0.1) is 0 Å². The lowest BCUT2D eigenvalue weighted by atomic mass is 9.65. The molecule has 6 nitrogen and oxygen atoms in total. The molecule has 5 rings (SSSR count). The van der Waals surface area contributed by atoms with E-state index in [0.29, 0.717) is 31.2 Å². The molecule has 34 heavy (non-hydrogen) atoms. The van der Waals surface area contributed by atoms with Gasteiger partial charge >= 0.3 is 0 Å². The van der Waals surface area contributed by atoms with Crippen molar-refractivity contribution in [3.8, 4) is 5.69 Å². The van der Waals surface area contributed by atoms with Gasteiger partial charge in [-0.05, 0) is 86.7 Å². The smallest absolute Gasteiger partial charge is 0.240 e. The summed E-state index contributed by atoms with van der Waals surface area (Å²) in [6, 6.07) is 13.2. The van der Waals surface area contributed by atoms with Crippen molar-refractivity contribution in [2.24, 2.45) is 5.41 Å². The lowest BCUT2D eigenvalue weighted by Gasteiger charge is -2.42. The maximum Gasteiger partial charge on any atom is 0.240 e. The molecule has 2 atom stereocenters. The fourth-order valence-corrected chi connectivity index (χ4v) is 6.54. The molecule has 2 aromatic carbocycles. The number of halogens is 1. The van der Waals surface area contributed by atoms with Gasteiger partial charge in [0.1, 0.15) is 5.82 Å². The first kappa shape index (κ1) is 23.0. The number of benzene rings is 2. The standard InChI is InChI=1S/C26H28FN3O3S/c1-25-16-19-17-29-30(22-9-7-21(27)8-10-22)23(19)15-20(25)12-14-26(25,31)13-11-18-5-3-4-6-24(18)34(32,33)28-2/h3-10,15,17,28,31H,11-14,16H2,1-2H3/t25-,26-/m0/s1. The fraction of sp³-hybridized carbons (Fsp3) is 0.346. The number of aliphatic hydroxyl groups is 1. The third kappa shape index (κ3) is 3.61. The van der Waals surface area contributed by atoms with E-state index in [0.717, 1.165) is 23.4 Å². The second-order valence-electron chi connectivity index (χ2n) is 9.47. The van der Waals surface area contributed by atoms with E-state index in [9.17, 15) is 17.9 Å². The number of fused-ring (bicyclic) bond motifs is 2. The summed E-state index contributed by atoms with van der Waals surface area (Å²) < 4.78 is 42.5. The lowest BCUT2D eigenvalue weighted by molar-refractivity contribution is -0.0462. The molecule has 1 fully saturated rings. The average molecular weight is 482 g/mol. The van der Waals surface area contributed by atoms with Gasteiger partial charge in [-0.2, -0.15) is 5.10 Å². The number of rotatable bonds is 6. The Hall–Kier alpha value is -2.81. The van der Waals surface area contributed by atoms with Crippen LogP contribution in [0, 0.1) is 11.2 Å². The van der Waals surface area contributed by atoms with Gasteiger partial charge in [0.25, 0.3) is 0 Å². The van der Waals surface area contributed by atoms with E-state index in [1.807, 2.05) is 23.0 Å². The van der Waals surface area contributed by atoms with E-state index in [1.54, 1.807) is 24.3 Å². The molecular formula is C26H28FN3O3S. The third-order valence-corrected chi connectivity index (χ3v) is 9.21. The Morgan fingerprint density at radius 3 is 2.65 bits per heavy atom. The van der Waals surface area contributed by atoms with Crippen LogP contribution in [0.3, 0.4) is 0 Å². The van der Waals surface area contributed by atoms with Crippen LogP contribution in [0.15, 0.2) is 65.2 Å². The zero-order valence-corrected chi connectivity index (χ0v) is 20.1. The van der Waals surface area contributed by atoms with E-state index in [1.165, 1.54) is 24.8 Å². The molecule has 2 aliphatic carbocycles. The molecule has 1 heterocycles. The van der Waals surface area contributed by atoms with Gasteiger partial charge in [-0.25, -0.2) is 22.2 Å². The van der Waals surface area contributed by atoms with E-state index >= 15 is 0 Å². The molecule has 0 unspecified atom stereocenters. The maximum absolute atomic E-state index is 13.4. The first-order valence-corrected chi connectivity index (χ1v) is 12.9. The molecule has 0 spiro atoms. The summed E-state index contributed by atoms with van der Waals surface area (Å²) in [5.41, 5.74) is 3.23. The number of aryl methyl sites for hydroxylation is 1. The van der Waals surface area contributed by atoms with Crippen LogP contribution < -0.4 is 4.72 Å². The molecule has 178 valence electrons. The first-order valence-electron chi connectivity index (χ1n) is 11.4. The molecule has 1 aromatic heterocycles. The van der Waals surface area contributed by atoms with Gasteiger partial charge in [0.15, 0.2) is 0 Å². The molecule has 0 amide bonds. The normalized spacial score (nSPS) is 23.9. The lowest BCUT2D eigenvalue weighted by Crippen LogP contribution is -2.45. The van der Waals surface area contributed by atoms with E-state index in [-0.39, 0.29) is 10.7 Å². The summed E-state index contributed by atoms with van der Waals surface area (Å²) in [7, 11) is -2.17. The predicted octanol–water partition coefficient (Wildman–Crippen LogP) is 4.02. The maximum atomic E-state index is 13.4. The van der Waals surface area contributed by atoms with Crippen molar-refractivity contribution >= 4 is 16.1 Å². The fourth-order valence-electron chi connectivity index (χ4n) is 5.54. The Bertz CT molecular complexity index is 1380. The van der Waals surface area contributed by atoms with Gasteiger partial charge in [-0.3, -0.25) is 0 Å². The van der Waals surface area contributed by atoms with Crippen LogP contribution >= 0.6 is 0 Å². The molecule has 0 bridgehead atoms. The minimum atomic E-state index is -3.58. The molecule has 0 radical (unpaired) electrons. The summed E-state index contributed by atoms with van der Waals surface area (Å²) in [5, 5.41) is 16.4. The number of sulfonamides is 1. The van der Waals surface area contributed by atoms with Crippen molar-refractivity contribution in [2.45, 2.75) is 49.5 Å². The Morgan fingerprint density at radius 1 is 1.18 bits per heavy atom. The zero-order valence-electron chi connectivity index (χ0n) is 19.3. The number of hydrogen-bond acceptors (Lipinski definition) is 4. The highest BCUT2D eigenvalue weighted by molar-refractivity contribution is 7.89. The number of hydrogen-bond donors (Lipinski definition) is 2. The van der Waals surface area contributed by atoms with E-state index in [4.69, 9.17) is 0 Å². The van der Waals surface area contributed by atoms with Crippen LogP contribution in [-0.2, 0) is 22.9 Å². The highest BCUT2D eigenvalue weighted by atomic mass is 32.2. The predicted molar refractivity (Wildman–Crippen MR) is 129 cm³/mol. The van der Waals surface area contributed by atoms with Gasteiger partial charge < -0.3 is 5.11 Å². The summed E-state index contributed by atoms with van der Waals surface area (Å²) in [4.78, 5) is 0.256. The summed E-state index contributed by atoms with van der Waals surface area (Å²) in [6.07, 6.45) is 6.87. The molecule has 2 N–H and O–H groups in total. The molecule has 8 heteroatoms. The minimum absolute atomic E-state index is 0.256. The number of nitrogens with zero attached hydrogens (tertiary/aromatic N) is 2. The molecule has 0 saturated heterocycles. The number of aromatic nitrogens is 2. The van der Waals surface area contributed by atoms with Crippen LogP contribution in [0.5, 0.6) is 0 Å². The second-order valence-corrected chi connectivity index (χ2v) is 11.3. The molecule has 2 aliphatic rings. The van der Waals surface area contributed by atoms with Crippen LogP contribution in [0.4, 0.5) is 4.39 Å². The Labute approximate surface area is 199 Å². The number of nitrogens with one attached hydrogen (secondary N) is 1. The van der Waals surface area contributed by atoms with Crippen LogP contribution in [-0.4, -0.2) is 36.0 Å². The van der Waals surface area contributed by atoms with Crippen molar-refractivity contribution in [1.82, 2.24) is 14.5 Å². The van der Waals surface area contributed by atoms with Crippen LogP contribution in [0.1, 0.15) is 43.0 Å². The SMILES string of the molecule is CNS(=O)(=O)c1ccccc1CC[C@]1(O)CCC2=Cc3c(cnn3-c3ccc(F)cc3)C[C@@]21C. The third-order valence-electron chi connectivity index (χ3n) is 7.69. The van der Waals surface area contributed by atoms with Crippen molar-refractivity contribution < 1.29 is 17.9 Å².